The number of carbonyl (C=O) groups excluding carboxylic acids is 2. The Balaban J connectivity index is 1.49. The Morgan fingerprint density at radius 2 is 1.85 bits per heavy atom. The van der Waals surface area contributed by atoms with Gasteiger partial charge in [-0.2, -0.15) is 12.6 Å². The Hall–Kier alpha value is -3.45. The van der Waals surface area contributed by atoms with Gasteiger partial charge in [-0.05, 0) is 72.2 Å². The van der Waals surface area contributed by atoms with Gasteiger partial charge in [-0.25, -0.2) is 0 Å². The summed E-state index contributed by atoms with van der Waals surface area (Å²) in [5, 5.41) is 8.99. The van der Waals surface area contributed by atoms with Gasteiger partial charge in [0, 0.05) is 22.3 Å². The van der Waals surface area contributed by atoms with Crippen LogP contribution in [0.3, 0.4) is 0 Å². The Labute approximate surface area is 204 Å². The monoisotopic (exact) mass is 475 g/mol. The van der Waals surface area contributed by atoms with Crippen molar-refractivity contribution in [3.05, 3.63) is 71.9 Å². The molecule has 2 amide bonds. The lowest BCUT2D eigenvalue weighted by Gasteiger charge is -2.19. The third-order valence-electron chi connectivity index (χ3n) is 5.98. The van der Waals surface area contributed by atoms with Gasteiger partial charge < -0.3 is 20.4 Å². The van der Waals surface area contributed by atoms with Crippen LogP contribution in [0.15, 0.2) is 60.7 Å². The lowest BCUT2D eigenvalue weighted by molar-refractivity contribution is -0.126. The second-order valence-corrected chi connectivity index (χ2v) is 8.80. The molecule has 0 unspecified atom stereocenters. The summed E-state index contributed by atoms with van der Waals surface area (Å²) in [5.74, 6) is 0.929. The van der Waals surface area contributed by atoms with Gasteiger partial charge in [0.05, 0.1) is 13.5 Å². The van der Waals surface area contributed by atoms with Gasteiger partial charge in [0.25, 0.3) is 0 Å². The van der Waals surface area contributed by atoms with Gasteiger partial charge in [0.15, 0.2) is 0 Å². The summed E-state index contributed by atoms with van der Waals surface area (Å²) in [6.07, 6.45) is 1.39. The van der Waals surface area contributed by atoms with Crippen molar-refractivity contribution in [3.63, 3.8) is 0 Å². The summed E-state index contributed by atoms with van der Waals surface area (Å²) in [7, 11) is 1.62. The predicted molar refractivity (Wildman–Crippen MR) is 141 cm³/mol. The zero-order valence-corrected chi connectivity index (χ0v) is 20.2. The molecular weight excluding hydrogens is 446 g/mol. The molecule has 4 rings (SSSR count). The van der Waals surface area contributed by atoms with Gasteiger partial charge >= 0.3 is 0 Å². The number of hydrogen-bond donors (Lipinski definition) is 4. The van der Waals surface area contributed by atoms with E-state index in [1.54, 1.807) is 7.11 Å². The van der Waals surface area contributed by atoms with E-state index in [2.05, 4.69) is 28.2 Å². The average molecular weight is 476 g/mol. The van der Waals surface area contributed by atoms with Gasteiger partial charge in [-0.15, -0.1) is 0 Å². The number of aromatic amines is 1. The maximum atomic E-state index is 13.1. The number of anilines is 1. The van der Waals surface area contributed by atoms with E-state index in [0.717, 1.165) is 38.7 Å². The molecule has 0 fully saturated rings. The number of ether oxygens (including phenoxy) is 1. The Bertz CT molecular complexity index is 1330. The highest BCUT2D eigenvalue weighted by Gasteiger charge is 2.22. The molecule has 0 aliphatic carbocycles. The zero-order valence-electron chi connectivity index (χ0n) is 19.4. The number of fused-ring (bicyclic) bond motifs is 2. The Kier molecular flexibility index (Phi) is 7.43. The van der Waals surface area contributed by atoms with E-state index in [0.29, 0.717) is 24.3 Å². The predicted octanol–water partition coefficient (Wildman–Crippen LogP) is 5.01. The second kappa shape index (κ2) is 10.7. The summed E-state index contributed by atoms with van der Waals surface area (Å²) in [5.41, 5.74) is 3.47. The summed E-state index contributed by atoms with van der Waals surface area (Å²) in [6, 6.07) is 18.9. The van der Waals surface area contributed by atoms with E-state index in [1.165, 1.54) is 0 Å². The molecule has 34 heavy (non-hydrogen) atoms. The average Bonchev–Trinajstić information content (AvgIpc) is 3.15. The van der Waals surface area contributed by atoms with Gasteiger partial charge in [0.1, 0.15) is 11.8 Å². The topological polar surface area (TPSA) is 83.2 Å². The molecule has 1 aromatic heterocycles. The number of amides is 2. The van der Waals surface area contributed by atoms with E-state index in [4.69, 9.17) is 4.74 Å². The van der Waals surface area contributed by atoms with Crippen molar-refractivity contribution in [1.29, 1.82) is 0 Å². The number of benzene rings is 3. The fourth-order valence-electron chi connectivity index (χ4n) is 4.18. The lowest BCUT2D eigenvalue weighted by atomic mass is 10.1. The van der Waals surface area contributed by atoms with Gasteiger partial charge in [-0.1, -0.05) is 30.3 Å². The standard InChI is InChI=1S/C27H29N3O3S/c1-17-22(23-15-21(33-2)11-12-24(23)28-17)16-26(31)30-25(8-5-13-34)27(32)29-20-10-9-18-6-3-4-7-19(18)14-20/h3-4,6-7,9-12,14-15,25,28,34H,5,8,13,16H2,1-2H3,(H,29,32)(H,30,31)/t25-/m0/s1. The highest BCUT2D eigenvalue weighted by molar-refractivity contribution is 7.80. The fourth-order valence-corrected chi connectivity index (χ4v) is 4.37. The molecule has 0 aliphatic heterocycles. The molecule has 0 spiro atoms. The number of aromatic nitrogens is 1. The van der Waals surface area contributed by atoms with E-state index >= 15 is 0 Å². The van der Waals surface area contributed by atoms with E-state index in [1.807, 2.05) is 67.6 Å². The van der Waals surface area contributed by atoms with E-state index < -0.39 is 6.04 Å². The summed E-state index contributed by atoms with van der Waals surface area (Å²) in [4.78, 5) is 29.4. The van der Waals surface area contributed by atoms with E-state index in [9.17, 15) is 9.59 Å². The highest BCUT2D eigenvalue weighted by atomic mass is 32.1. The number of thiol groups is 1. The Morgan fingerprint density at radius 1 is 1.06 bits per heavy atom. The highest BCUT2D eigenvalue weighted by Crippen LogP contribution is 2.27. The van der Waals surface area contributed by atoms with Crippen LogP contribution in [0, 0.1) is 6.92 Å². The number of methoxy groups -OCH3 is 1. The first-order valence-electron chi connectivity index (χ1n) is 11.3. The van der Waals surface area contributed by atoms with Crippen LogP contribution < -0.4 is 15.4 Å². The number of carbonyl (C=O) groups is 2. The van der Waals surface area contributed by atoms with Crippen molar-refractivity contribution in [3.8, 4) is 5.75 Å². The molecule has 0 radical (unpaired) electrons. The van der Waals surface area contributed by atoms with Crippen molar-refractivity contribution >= 4 is 51.8 Å². The largest absolute Gasteiger partial charge is 0.497 e. The summed E-state index contributed by atoms with van der Waals surface area (Å²) in [6.45, 7) is 1.94. The molecule has 0 saturated heterocycles. The van der Waals surface area contributed by atoms with Crippen LogP contribution >= 0.6 is 12.6 Å². The number of aryl methyl sites for hydroxylation is 1. The third kappa shape index (κ3) is 5.37. The molecule has 0 bridgehead atoms. The van der Waals surface area contributed by atoms with Gasteiger partial charge in [0.2, 0.25) is 11.8 Å². The van der Waals surface area contributed by atoms with Crippen LogP contribution in [-0.4, -0.2) is 35.7 Å². The Morgan fingerprint density at radius 3 is 2.62 bits per heavy atom. The third-order valence-corrected chi connectivity index (χ3v) is 6.30. The minimum Gasteiger partial charge on any atom is -0.497 e. The lowest BCUT2D eigenvalue weighted by Crippen LogP contribution is -2.44. The number of nitrogens with one attached hydrogen (secondary N) is 3. The molecule has 6 nitrogen and oxygen atoms in total. The van der Waals surface area contributed by atoms with Crippen LogP contribution in [0.25, 0.3) is 21.7 Å². The summed E-state index contributed by atoms with van der Waals surface area (Å²) >= 11 is 4.28. The van der Waals surface area contributed by atoms with Crippen molar-refractivity contribution in [1.82, 2.24) is 10.3 Å². The maximum absolute atomic E-state index is 13.1. The van der Waals surface area contributed by atoms with E-state index in [-0.39, 0.29) is 18.2 Å². The molecule has 7 heteroatoms. The molecule has 0 aliphatic rings. The molecule has 176 valence electrons. The number of rotatable bonds is 9. The summed E-state index contributed by atoms with van der Waals surface area (Å²) < 4.78 is 5.34. The minimum absolute atomic E-state index is 0.166. The molecule has 0 saturated carbocycles. The zero-order chi connectivity index (χ0) is 24.1. The van der Waals surface area contributed by atoms with Crippen molar-refractivity contribution in [2.24, 2.45) is 0 Å². The first-order chi connectivity index (χ1) is 16.5. The molecule has 1 atom stereocenters. The quantitative estimate of drug-likeness (QED) is 0.257. The number of hydrogen-bond acceptors (Lipinski definition) is 4. The number of H-pyrrole nitrogens is 1. The minimum atomic E-state index is -0.647. The van der Waals surface area contributed by atoms with Crippen LogP contribution in [0.4, 0.5) is 5.69 Å². The first kappa shape index (κ1) is 23.7. The van der Waals surface area contributed by atoms with Crippen LogP contribution in [0.1, 0.15) is 24.1 Å². The molecule has 4 aromatic rings. The molecule has 1 heterocycles. The molecular formula is C27H29N3O3S. The fraction of sp³-hybridized carbons (Fsp3) is 0.259. The van der Waals surface area contributed by atoms with Crippen LogP contribution in [0.2, 0.25) is 0 Å². The van der Waals surface area contributed by atoms with Crippen molar-refractivity contribution in [2.45, 2.75) is 32.2 Å². The smallest absolute Gasteiger partial charge is 0.246 e. The maximum Gasteiger partial charge on any atom is 0.246 e. The molecule has 3 aromatic carbocycles. The van der Waals surface area contributed by atoms with Gasteiger partial charge in [-0.3, -0.25) is 9.59 Å². The normalized spacial score (nSPS) is 12.0. The van der Waals surface area contributed by atoms with Crippen LogP contribution in [0.5, 0.6) is 5.75 Å². The second-order valence-electron chi connectivity index (χ2n) is 8.35. The van der Waals surface area contributed by atoms with Crippen molar-refractivity contribution in [2.75, 3.05) is 18.2 Å². The SMILES string of the molecule is COc1ccc2[nH]c(C)c(CC(=O)N[C@@H](CCCS)C(=O)Nc3ccc4ccccc4c3)c2c1. The molecule has 3 N–H and O–H groups in total. The first-order valence-corrected chi connectivity index (χ1v) is 12.0. The van der Waals surface area contributed by atoms with Crippen molar-refractivity contribution < 1.29 is 14.3 Å². The van der Waals surface area contributed by atoms with Crippen LogP contribution in [-0.2, 0) is 16.0 Å².